The molecule has 2 aliphatic heterocycles. The molecule has 3 amide bonds. The number of carbonyl (C=O) groups excluding carboxylic acids is 3. The Hall–Kier alpha value is -3.07. The highest BCUT2D eigenvalue weighted by molar-refractivity contribution is 6.30. The second kappa shape index (κ2) is 11.4. The van der Waals surface area contributed by atoms with Crippen LogP contribution >= 0.6 is 11.6 Å². The van der Waals surface area contributed by atoms with E-state index in [-0.39, 0.29) is 35.6 Å². The molecule has 0 aliphatic carbocycles. The number of benzene rings is 2. The number of amides is 3. The maximum absolute atomic E-state index is 13.4. The van der Waals surface area contributed by atoms with Gasteiger partial charge in [-0.3, -0.25) is 14.4 Å². The van der Waals surface area contributed by atoms with Crippen molar-refractivity contribution in [1.29, 1.82) is 0 Å². The molecule has 0 bridgehead atoms. The lowest BCUT2D eigenvalue weighted by atomic mass is 9.83. The van der Waals surface area contributed by atoms with Gasteiger partial charge < -0.3 is 14.7 Å². The van der Waals surface area contributed by atoms with Crippen LogP contribution in [0.15, 0.2) is 48.5 Å². The Bertz CT molecular complexity index is 1160. The molecule has 2 saturated heterocycles. The largest absolute Gasteiger partial charge is 0.416 e. The third-order valence-corrected chi connectivity index (χ3v) is 8.00. The lowest BCUT2D eigenvalue weighted by Gasteiger charge is -2.44. The van der Waals surface area contributed by atoms with Crippen LogP contribution in [0.2, 0.25) is 5.02 Å². The Balaban J connectivity index is 1.56. The van der Waals surface area contributed by atoms with Gasteiger partial charge in [-0.25, -0.2) is 0 Å². The van der Waals surface area contributed by atoms with Crippen LogP contribution in [0.1, 0.15) is 53.6 Å². The minimum atomic E-state index is -4.46. The van der Waals surface area contributed by atoms with Gasteiger partial charge in [-0.15, -0.1) is 0 Å². The van der Waals surface area contributed by atoms with Gasteiger partial charge in [-0.1, -0.05) is 23.7 Å². The van der Waals surface area contributed by atoms with E-state index < -0.39 is 11.7 Å². The molecule has 2 atom stereocenters. The van der Waals surface area contributed by atoms with Gasteiger partial charge in [0.15, 0.2) is 0 Å². The number of halogens is 4. The first-order valence-corrected chi connectivity index (χ1v) is 13.1. The fourth-order valence-electron chi connectivity index (χ4n) is 5.50. The monoisotopic (exact) mass is 549 g/mol. The zero-order chi connectivity index (χ0) is 27.6. The Kier molecular flexibility index (Phi) is 8.35. The molecule has 0 radical (unpaired) electrons. The van der Waals surface area contributed by atoms with Crippen molar-refractivity contribution in [1.82, 2.24) is 14.7 Å². The molecular formula is C28H31ClF3N3O3. The summed E-state index contributed by atoms with van der Waals surface area (Å²) >= 11 is 5.96. The number of likely N-dealkylation sites (N-methyl/N-ethyl adjacent to an activating group) is 1. The summed E-state index contributed by atoms with van der Waals surface area (Å²) < 4.78 is 39.6. The van der Waals surface area contributed by atoms with Crippen molar-refractivity contribution in [2.24, 2.45) is 5.92 Å². The second-order valence-electron chi connectivity index (χ2n) is 10.1. The lowest BCUT2D eigenvalue weighted by molar-refractivity contribution is -0.141. The first kappa shape index (κ1) is 28.0. The predicted molar refractivity (Wildman–Crippen MR) is 138 cm³/mol. The third-order valence-electron chi connectivity index (χ3n) is 7.75. The zero-order valence-electron chi connectivity index (χ0n) is 21.4. The highest BCUT2D eigenvalue weighted by atomic mass is 35.5. The fraction of sp³-hybridized carbons (Fsp3) is 0.464. The summed E-state index contributed by atoms with van der Waals surface area (Å²) in [5.74, 6) is -0.806. The van der Waals surface area contributed by atoms with Crippen LogP contribution in [0.4, 0.5) is 13.2 Å². The van der Waals surface area contributed by atoms with E-state index in [1.807, 2.05) is 0 Å². The number of piperidine rings is 2. The molecular weight excluding hydrogens is 519 g/mol. The van der Waals surface area contributed by atoms with Gasteiger partial charge in [-0.05, 0) is 61.2 Å². The summed E-state index contributed by atoms with van der Waals surface area (Å²) in [6.45, 7) is 3.31. The SMILES string of the molecule is CC(=O)N1CCC(C(=O)N2CCC(N(C)C(=O)c3ccc(Cl)cc3)C(c3ccc(C(F)(F)F)cc3)C2)CC1. The van der Waals surface area contributed by atoms with E-state index in [1.165, 1.54) is 19.1 Å². The van der Waals surface area contributed by atoms with Crippen LogP contribution in [0.3, 0.4) is 0 Å². The molecule has 2 fully saturated rings. The van der Waals surface area contributed by atoms with Crippen LogP contribution in [0.25, 0.3) is 0 Å². The highest BCUT2D eigenvalue weighted by Gasteiger charge is 2.39. The Morgan fingerprint density at radius 2 is 1.47 bits per heavy atom. The summed E-state index contributed by atoms with van der Waals surface area (Å²) in [5, 5.41) is 0.507. The normalized spacial score (nSPS) is 20.8. The molecule has 4 rings (SSSR count). The predicted octanol–water partition coefficient (Wildman–Crippen LogP) is 5.07. The van der Waals surface area contributed by atoms with Gasteiger partial charge >= 0.3 is 6.18 Å². The molecule has 6 nitrogen and oxygen atoms in total. The van der Waals surface area contributed by atoms with Crippen molar-refractivity contribution < 1.29 is 27.6 Å². The minimum Gasteiger partial charge on any atom is -0.343 e. The molecule has 0 spiro atoms. The van der Waals surface area contributed by atoms with Crippen molar-refractivity contribution in [3.63, 3.8) is 0 Å². The van der Waals surface area contributed by atoms with Crippen LogP contribution in [-0.2, 0) is 15.8 Å². The Labute approximate surface area is 225 Å². The van der Waals surface area contributed by atoms with Gasteiger partial charge in [0.05, 0.1) is 5.56 Å². The summed E-state index contributed by atoms with van der Waals surface area (Å²) in [7, 11) is 1.69. The summed E-state index contributed by atoms with van der Waals surface area (Å²) in [6, 6.07) is 11.2. The van der Waals surface area contributed by atoms with Crippen LogP contribution < -0.4 is 0 Å². The molecule has 2 aromatic rings. The number of alkyl halides is 3. The fourth-order valence-corrected chi connectivity index (χ4v) is 5.62. The van der Waals surface area contributed by atoms with E-state index in [4.69, 9.17) is 11.6 Å². The lowest BCUT2D eigenvalue weighted by Crippen LogP contribution is -2.53. The molecule has 0 N–H and O–H groups in total. The molecule has 38 heavy (non-hydrogen) atoms. The van der Waals surface area contributed by atoms with E-state index in [2.05, 4.69) is 0 Å². The summed E-state index contributed by atoms with van der Waals surface area (Å²) in [4.78, 5) is 43.5. The van der Waals surface area contributed by atoms with E-state index in [0.29, 0.717) is 61.6 Å². The smallest absolute Gasteiger partial charge is 0.343 e. The quantitative estimate of drug-likeness (QED) is 0.535. The first-order chi connectivity index (χ1) is 18.0. The second-order valence-corrected chi connectivity index (χ2v) is 10.5. The van der Waals surface area contributed by atoms with Gasteiger partial charge in [0, 0.05) is 68.6 Å². The third kappa shape index (κ3) is 6.14. The average Bonchev–Trinajstić information content (AvgIpc) is 2.91. The van der Waals surface area contributed by atoms with Gasteiger partial charge in [0.1, 0.15) is 0 Å². The van der Waals surface area contributed by atoms with Crippen LogP contribution in [0, 0.1) is 5.92 Å². The van der Waals surface area contributed by atoms with E-state index in [1.54, 1.807) is 46.0 Å². The molecule has 2 aliphatic rings. The molecule has 2 unspecified atom stereocenters. The Morgan fingerprint density at radius 1 is 0.895 bits per heavy atom. The molecule has 2 heterocycles. The van der Waals surface area contributed by atoms with E-state index in [9.17, 15) is 27.6 Å². The number of likely N-dealkylation sites (tertiary alicyclic amines) is 2. The molecule has 10 heteroatoms. The van der Waals surface area contributed by atoms with Crippen LogP contribution in [0.5, 0.6) is 0 Å². The topological polar surface area (TPSA) is 60.9 Å². The standard InChI is InChI=1S/C28H31ClF3N3O3/c1-18(36)34-14-11-21(12-15-34)27(38)35-16-13-25(33(2)26(37)20-5-9-23(29)10-6-20)24(17-35)19-3-7-22(8-4-19)28(30,31)32/h3-10,21,24-25H,11-17H2,1-2H3. The maximum atomic E-state index is 13.4. The summed E-state index contributed by atoms with van der Waals surface area (Å²) in [6.07, 6.45) is -2.81. The van der Waals surface area contributed by atoms with Crippen molar-refractivity contribution in [2.45, 2.75) is 44.3 Å². The molecule has 0 saturated carbocycles. The van der Waals surface area contributed by atoms with Crippen molar-refractivity contribution in [3.8, 4) is 0 Å². The highest BCUT2D eigenvalue weighted by Crippen LogP contribution is 2.35. The minimum absolute atomic E-state index is 0.00440. The number of hydrogen-bond donors (Lipinski definition) is 0. The van der Waals surface area contributed by atoms with Gasteiger partial charge in [-0.2, -0.15) is 13.2 Å². The van der Waals surface area contributed by atoms with Crippen molar-refractivity contribution >= 4 is 29.3 Å². The van der Waals surface area contributed by atoms with Crippen molar-refractivity contribution in [2.75, 3.05) is 33.2 Å². The van der Waals surface area contributed by atoms with E-state index in [0.717, 1.165) is 12.1 Å². The average molecular weight is 550 g/mol. The van der Waals surface area contributed by atoms with Gasteiger partial charge in [0.25, 0.3) is 5.91 Å². The molecule has 204 valence electrons. The number of carbonyl (C=O) groups is 3. The van der Waals surface area contributed by atoms with Crippen molar-refractivity contribution in [3.05, 3.63) is 70.2 Å². The maximum Gasteiger partial charge on any atom is 0.416 e. The molecule has 0 aromatic heterocycles. The number of nitrogens with zero attached hydrogens (tertiary/aromatic N) is 3. The molecule has 2 aromatic carbocycles. The zero-order valence-corrected chi connectivity index (χ0v) is 22.1. The van der Waals surface area contributed by atoms with Crippen LogP contribution in [-0.4, -0.2) is 71.7 Å². The number of rotatable bonds is 4. The summed E-state index contributed by atoms with van der Waals surface area (Å²) in [5.41, 5.74) is 0.353. The number of hydrogen-bond acceptors (Lipinski definition) is 3. The Morgan fingerprint density at radius 3 is 2.03 bits per heavy atom. The van der Waals surface area contributed by atoms with Gasteiger partial charge in [0.2, 0.25) is 11.8 Å². The first-order valence-electron chi connectivity index (χ1n) is 12.7. The van der Waals surface area contributed by atoms with E-state index >= 15 is 0 Å².